The number of rotatable bonds is 17. The minimum atomic E-state index is -2.59. The number of nitrogens with two attached hydrogens (primary N) is 2. The number of carbonyl (C=O) groups excluding carboxylic acids is 8. The fourth-order valence-corrected chi connectivity index (χ4v) is 8.49. The summed E-state index contributed by atoms with van der Waals surface area (Å²) in [6.07, 6.45) is 1.11. The molecule has 0 aliphatic carbocycles. The third-order valence-corrected chi connectivity index (χ3v) is 12.7. The van der Waals surface area contributed by atoms with E-state index in [2.05, 4.69) is 9.72 Å². The number of halogens is 1. The van der Waals surface area contributed by atoms with Crippen molar-refractivity contribution in [2.45, 2.75) is 83.6 Å². The second-order valence-corrected chi connectivity index (χ2v) is 18.7. The Morgan fingerprint density at radius 3 is 1.42 bits per heavy atom. The molecule has 1 heterocycles. The zero-order valence-electron chi connectivity index (χ0n) is 46.7. The number of hydrogen-bond donors (Lipinski definition) is 3. The first-order chi connectivity index (χ1) is 38.8. The topological polar surface area (TPSA) is 299 Å². The number of ketones is 1. The van der Waals surface area contributed by atoms with Crippen molar-refractivity contribution >= 4 is 79.6 Å². The van der Waals surface area contributed by atoms with Gasteiger partial charge >= 0.3 is 126 Å². The predicted octanol–water partition coefficient (Wildman–Crippen LogP) is 11.2. The predicted molar refractivity (Wildman–Crippen MR) is 325 cm³/mol. The van der Waals surface area contributed by atoms with Gasteiger partial charge in [0, 0.05) is 48.9 Å². The minimum absolute atomic E-state index is 0. The second kappa shape index (κ2) is 44.7. The van der Waals surface area contributed by atoms with E-state index >= 15 is 0 Å². The number of aromatic nitrogens is 1. The van der Waals surface area contributed by atoms with Crippen molar-refractivity contribution in [2.75, 3.05) is 33.0 Å². The first kappa shape index (κ1) is 76.1. The summed E-state index contributed by atoms with van der Waals surface area (Å²) in [4.78, 5) is 93.7. The molecule has 20 nitrogen and oxygen atoms in total. The molecule has 0 fully saturated rings. The summed E-state index contributed by atoms with van der Waals surface area (Å²) in [5.74, 6) is -3.47. The Morgan fingerprint density at radius 2 is 0.988 bits per heavy atom. The van der Waals surface area contributed by atoms with Crippen molar-refractivity contribution in [2.24, 2.45) is 11.5 Å². The van der Waals surface area contributed by atoms with Crippen LogP contribution >= 0.6 is 20.6 Å². The summed E-state index contributed by atoms with van der Waals surface area (Å²) < 4.78 is 40.1. The van der Waals surface area contributed by atoms with E-state index in [-0.39, 0.29) is 57.5 Å². The second-order valence-electron chi connectivity index (χ2n) is 15.4. The van der Waals surface area contributed by atoms with Crippen LogP contribution in [0.4, 0.5) is 0 Å². The van der Waals surface area contributed by atoms with Gasteiger partial charge in [0.25, 0.3) is 0 Å². The minimum Gasteiger partial charge on any atom is -0.466 e. The van der Waals surface area contributed by atoms with E-state index in [1.165, 1.54) is 26.8 Å². The number of carbonyl (C=O) groups is 8. The largest absolute Gasteiger partial charge is 0.466 e. The van der Waals surface area contributed by atoms with Gasteiger partial charge in [0.1, 0.15) is 12.1 Å². The van der Waals surface area contributed by atoms with E-state index in [1.54, 1.807) is 102 Å². The van der Waals surface area contributed by atoms with E-state index in [1.807, 2.05) is 91.0 Å². The van der Waals surface area contributed by atoms with Crippen LogP contribution in [0.25, 0.3) is 22.7 Å². The van der Waals surface area contributed by atoms with Gasteiger partial charge in [-0.25, -0.2) is 19.4 Å². The maximum absolute atomic E-state index is 11.7. The molecule has 0 unspecified atom stereocenters. The molecule has 0 spiro atoms. The standard InChI is InChI=1S/C13H15NO4.C13H13NO3.C11H13NO2.C11H12O3.C10H11IO4.C2H6O.2CH4/c1-3-17-13(16)12(18-9(2)15)11(14)10-7-5-4-6-8-10;1-3-16-13(15)12-11(14-9(2)17-12)10-7-5-4-6-8-10;2*1-2-14-11(13)8-10(12)9-6-4-3-5-7-9;1-8(12)14-11(15-9(2)13)10-6-4-3-5-7-10;1-2-3;;/h4-8H,3,14H2,1-2H3;4-8H,3H2,1-2H3;3-8H,2,12H2,1H3;3-7H,2,8H2,1H3;3-7H,1-2H3;3H,2H2,1H3;2*1H4/b12-11-;;10-8+;;;;;. The Hall–Kier alpha value is -8.96. The number of benzene rings is 5. The molecule has 5 N–H and O–H groups in total. The van der Waals surface area contributed by atoms with E-state index in [0.717, 1.165) is 14.7 Å². The van der Waals surface area contributed by atoms with Gasteiger partial charge in [0.2, 0.25) is 11.5 Å². The Kier molecular flexibility index (Phi) is 41.0. The average molecular weight is 1260 g/mol. The molecule has 83 heavy (non-hydrogen) atoms. The quantitative estimate of drug-likeness (QED) is 0.0145. The Morgan fingerprint density at radius 1 is 0.566 bits per heavy atom. The van der Waals surface area contributed by atoms with Crippen LogP contribution in [0, 0.1) is 10.5 Å². The van der Waals surface area contributed by atoms with Crippen LogP contribution in [-0.4, -0.2) is 90.7 Å². The number of esters is 5. The van der Waals surface area contributed by atoms with Gasteiger partial charge < -0.3 is 44.7 Å². The number of nitrogens with zero attached hydrogens (tertiary/aromatic N) is 1. The number of hydrogen-bond acceptors (Lipinski definition) is 20. The van der Waals surface area contributed by atoms with Crippen molar-refractivity contribution in [3.63, 3.8) is 0 Å². The maximum Gasteiger partial charge on any atom is 0.376 e. The zero-order valence-corrected chi connectivity index (χ0v) is 48.9. The van der Waals surface area contributed by atoms with Crippen molar-refractivity contribution < 1.29 is 77.7 Å². The molecule has 5 aromatic carbocycles. The fourth-order valence-electron chi connectivity index (χ4n) is 5.76. The molecule has 450 valence electrons. The van der Waals surface area contributed by atoms with Crippen LogP contribution in [0.2, 0.25) is 0 Å². The fraction of sp³-hybridized carbons (Fsp3) is 0.274. The SMILES string of the molecule is C.C.CC(=O)OI(OC(C)=O)c1ccccc1.CCO.CCOC(=O)/C(OC(C)=O)=C(/N)c1ccccc1.CCOC(=O)/C=C(/N)c1ccccc1.CCOC(=O)CC(=O)c1ccccc1.CCOC(=O)c1oc(C)nc1-c1ccccc1. The molecular weight excluding hydrogens is 1190 g/mol. The Labute approximate surface area is 494 Å². The maximum atomic E-state index is 11.7. The normalized spacial score (nSPS) is 10.1. The van der Waals surface area contributed by atoms with Gasteiger partial charge in [-0.1, -0.05) is 136 Å². The number of ether oxygens (including phenoxy) is 5. The van der Waals surface area contributed by atoms with Gasteiger partial charge in [0.05, 0.1) is 32.1 Å². The monoisotopic (exact) mass is 1260 g/mol. The molecule has 0 atom stereocenters. The van der Waals surface area contributed by atoms with Crippen molar-refractivity contribution in [1.82, 2.24) is 4.98 Å². The molecule has 0 saturated heterocycles. The number of oxazole rings is 1. The van der Waals surface area contributed by atoms with Crippen LogP contribution in [-0.2, 0) is 58.6 Å². The van der Waals surface area contributed by atoms with E-state index in [4.69, 9.17) is 46.1 Å². The van der Waals surface area contributed by atoms with Gasteiger partial charge in [-0.3, -0.25) is 14.4 Å². The molecule has 1 aromatic heterocycles. The van der Waals surface area contributed by atoms with Gasteiger partial charge in [-0.2, -0.15) is 0 Å². The Balaban J connectivity index is 0. The summed E-state index contributed by atoms with van der Waals surface area (Å²) in [5.41, 5.74) is 15.3. The summed E-state index contributed by atoms with van der Waals surface area (Å²) in [7, 11) is 0. The molecule has 0 bridgehead atoms. The molecule has 0 amide bonds. The van der Waals surface area contributed by atoms with Crippen LogP contribution in [0.5, 0.6) is 0 Å². The molecular formula is C62H78IN3O17. The van der Waals surface area contributed by atoms with Crippen LogP contribution in [0.3, 0.4) is 0 Å². The number of aliphatic hydroxyl groups excluding tert-OH is 1. The molecule has 0 saturated carbocycles. The first-order valence-electron chi connectivity index (χ1n) is 25.0. The van der Waals surface area contributed by atoms with Crippen molar-refractivity contribution in [3.8, 4) is 11.3 Å². The molecule has 0 radical (unpaired) electrons. The summed E-state index contributed by atoms with van der Waals surface area (Å²) in [5, 5.41) is 7.57. The van der Waals surface area contributed by atoms with Crippen LogP contribution in [0.15, 0.2) is 168 Å². The molecule has 6 rings (SSSR count). The molecule has 0 aliphatic rings. The smallest absolute Gasteiger partial charge is 0.376 e. The number of aryl methyl sites for hydroxylation is 1. The van der Waals surface area contributed by atoms with Gasteiger partial charge in [0.15, 0.2) is 11.7 Å². The third kappa shape index (κ3) is 32.2. The van der Waals surface area contributed by atoms with Crippen molar-refractivity contribution in [3.05, 3.63) is 195 Å². The summed E-state index contributed by atoms with van der Waals surface area (Å²) in [6, 6.07) is 45.2. The van der Waals surface area contributed by atoms with E-state index in [9.17, 15) is 38.4 Å². The molecule has 6 aromatic rings. The zero-order chi connectivity index (χ0) is 60.5. The third-order valence-electron chi connectivity index (χ3n) is 8.92. The van der Waals surface area contributed by atoms with Gasteiger partial charge in [-0.05, 0) is 40.2 Å². The summed E-state index contributed by atoms with van der Waals surface area (Å²) in [6.45, 7) is 15.5. The van der Waals surface area contributed by atoms with Crippen LogP contribution < -0.4 is 11.5 Å². The van der Waals surface area contributed by atoms with Gasteiger partial charge in [-0.15, -0.1) is 0 Å². The van der Waals surface area contributed by atoms with Crippen molar-refractivity contribution in [1.29, 1.82) is 0 Å². The van der Waals surface area contributed by atoms with Crippen LogP contribution in [0.1, 0.15) is 115 Å². The molecule has 21 heteroatoms. The first-order valence-corrected chi connectivity index (χ1v) is 27.9. The average Bonchev–Trinajstić information content (AvgIpc) is 4.08. The molecule has 0 aliphatic heterocycles. The van der Waals surface area contributed by atoms with E-state index in [0.29, 0.717) is 48.2 Å². The number of aliphatic hydroxyl groups is 1. The summed E-state index contributed by atoms with van der Waals surface area (Å²) >= 11 is -2.59. The van der Waals surface area contributed by atoms with E-state index < -0.39 is 62.4 Å². The Bertz CT molecular complexity index is 2900. The number of Topliss-reactive ketones (excluding diaryl/α,β-unsaturated/α-hetero) is 1.